The van der Waals surface area contributed by atoms with E-state index in [4.69, 9.17) is 16.6 Å². The first-order valence-corrected chi connectivity index (χ1v) is 8.27. The maximum Gasteiger partial charge on any atom is 1.00 e. The van der Waals surface area contributed by atoms with Crippen LogP contribution in [0.5, 0.6) is 0 Å². The summed E-state index contributed by atoms with van der Waals surface area (Å²) in [4.78, 5) is 9.69. The van der Waals surface area contributed by atoms with Gasteiger partial charge in [0.25, 0.3) is 0 Å². The van der Waals surface area contributed by atoms with Crippen LogP contribution in [0.2, 0.25) is 5.02 Å². The second kappa shape index (κ2) is 7.46. The number of aliphatic imine (C=N–C) groups is 1. The Labute approximate surface area is 171 Å². The Morgan fingerprint density at radius 2 is 1.79 bits per heavy atom. The van der Waals surface area contributed by atoms with Crippen molar-refractivity contribution in [1.29, 1.82) is 0 Å². The standard InChI is InChI=1S/C18H19ClN4.Na.H/c1-22-8-10-23(11-9-22)18-14-4-2-3-5-15(14)20-16-7-6-13(19)12-17(16)21-18;;/h2-7,12,20H,8-11H2,1H3;;/q;+1;-1. The van der Waals surface area contributed by atoms with E-state index in [0.717, 1.165) is 54.6 Å². The van der Waals surface area contributed by atoms with Crippen molar-refractivity contribution in [2.75, 3.05) is 38.5 Å². The molecule has 2 aromatic rings. The third kappa shape index (κ3) is 3.48. The van der Waals surface area contributed by atoms with Gasteiger partial charge in [0, 0.05) is 42.5 Å². The minimum absolute atomic E-state index is 0. The van der Waals surface area contributed by atoms with E-state index in [-0.39, 0.29) is 31.0 Å². The van der Waals surface area contributed by atoms with Crippen molar-refractivity contribution < 1.29 is 31.0 Å². The second-order valence-corrected chi connectivity index (χ2v) is 6.49. The predicted octanol–water partition coefficient (Wildman–Crippen LogP) is 0.839. The average Bonchev–Trinajstić information content (AvgIpc) is 2.72. The molecule has 0 radical (unpaired) electrons. The van der Waals surface area contributed by atoms with Gasteiger partial charge in [-0.1, -0.05) is 23.7 Å². The Kier molecular flexibility index (Phi) is 5.52. The van der Waals surface area contributed by atoms with Gasteiger partial charge in [-0.25, -0.2) is 4.99 Å². The number of hydrogen-bond acceptors (Lipinski definition) is 4. The van der Waals surface area contributed by atoms with E-state index in [9.17, 15) is 0 Å². The molecule has 2 aliphatic rings. The van der Waals surface area contributed by atoms with Crippen LogP contribution in [-0.4, -0.2) is 48.9 Å². The fourth-order valence-electron chi connectivity index (χ4n) is 3.07. The van der Waals surface area contributed by atoms with Crippen LogP contribution in [0.4, 0.5) is 17.1 Å². The molecule has 1 N–H and O–H groups in total. The molecular formula is C18H20ClN4Na. The number of nitrogens with one attached hydrogen (secondary N) is 1. The van der Waals surface area contributed by atoms with E-state index in [1.165, 1.54) is 0 Å². The number of anilines is 2. The molecule has 6 heteroatoms. The molecule has 4 rings (SSSR count). The summed E-state index contributed by atoms with van der Waals surface area (Å²) in [5.41, 5.74) is 4.12. The van der Waals surface area contributed by atoms with E-state index in [0.29, 0.717) is 5.02 Å². The third-order valence-corrected chi connectivity index (χ3v) is 4.66. The van der Waals surface area contributed by atoms with Gasteiger partial charge in [0.1, 0.15) is 5.84 Å². The van der Waals surface area contributed by atoms with Gasteiger partial charge < -0.3 is 16.5 Å². The number of hydrogen-bond donors (Lipinski definition) is 1. The number of amidine groups is 1. The molecule has 0 aliphatic carbocycles. The molecule has 2 aliphatic heterocycles. The Hall–Kier alpha value is -1.04. The van der Waals surface area contributed by atoms with Crippen LogP contribution in [-0.2, 0) is 0 Å². The molecule has 0 spiro atoms. The number of halogens is 1. The summed E-state index contributed by atoms with van der Waals surface area (Å²) in [5, 5.41) is 4.20. The van der Waals surface area contributed by atoms with Crippen LogP contribution in [0.15, 0.2) is 47.5 Å². The second-order valence-electron chi connectivity index (χ2n) is 6.06. The number of likely N-dealkylation sites (N-methyl/N-ethyl adjacent to an activating group) is 1. The van der Waals surface area contributed by atoms with Crippen molar-refractivity contribution in [1.82, 2.24) is 9.80 Å². The maximum absolute atomic E-state index is 6.18. The number of para-hydroxylation sites is 1. The van der Waals surface area contributed by atoms with Crippen molar-refractivity contribution in [3.8, 4) is 0 Å². The molecule has 1 saturated heterocycles. The van der Waals surface area contributed by atoms with E-state index in [1.54, 1.807) is 0 Å². The zero-order valence-corrected chi connectivity index (χ0v) is 16.8. The molecule has 0 atom stereocenters. The minimum Gasteiger partial charge on any atom is -1.00 e. The van der Waals surface area contributed by atoms with Crippen LogP contribution in [0.3, 0.4) is 0 Å². The summed E-state index contributed by atoms with van der Waals surface area (Å²) in [7, 11) is 2.16. The van der Waals surface area contributed by atoms with Gasteiger partial charge in [-0.2, -0.15) is 0 Å². The number of nitrogens with zero attached hydrogens (tertiary/aromatic N) is 3. The van der Waals surface area contributed by atoms with Crippen LogP contribution >= 0.6 is 11.6 Å². The Bertz CT molecular complexity index is 775. The monoisotopic (exact) mass is 350 g/mol. The number of piperazine rings is 1. The topological polar surface area (TPSA) is 30.9 Å². The van der Waals surface area contributed by atoms with Gasteiger partial charge in [-0.15, -0.1) is 0 Å². The molecular weight excluding hydrogens is 331 g/mol. The Morgan fingerprint density at radius 1 is 1.04 bits per heavy atom. The summed E-state index contributed by atoms with van der Waals surface area (Å²) < 4.78 is 0. The molecule has 0 bridgehead atoms. The van der Waals surface area contributed by atoms with Gasteiger partial charge in [0.15, 0.2) is 0 Å². The normalized spacial score (nSPS) is 16.9. The van der Waals surface area contributed by atoms with Gasteiger partial charge in [-0.05, 0) is 37.4 Å². The summed E-state index contributed by atoms with van der Waals surface area (Å²) in [6.07, 6.45) is 0. The SMILES string of the molecule is CN1CCN(C2=Nc3cc(Cl)ccc3Nc3ccccc32)CC1.[H-].[Na+]. The fourth-order valence-corrected chi connectivity index (χ4v) is 3.24. The quantitative estimate of drug-likeness (QED) is 0.714. The molecule has 2 aromatic carbocycles. The molecule has 24 heavy (non-hydrogen) atoms. The zero-order chi connectivity index (χ0) is 15.8. The van der Waals surface area contributed by atoms with Crippen LogP contribution in [0.1, 0.15) is 6.99 Å². The largest absolute Gasteiger partial charge is 1.00 e. The minimum atomic E-state index is 0. The average molecular weight is 351 g/mol. The van der Waals surface area contributed by atoms with Crippen molar-refractivity contribution in [3.05, 3.63) is 53.1 Å². The summed E-state index contributed by atoms with van der Waals surface area (Å²) in [6, 6.07) is 14.2. The first-order chi connectivity index (χ1) is 11.2. The van der Waals surface area contributed by atoms with E-state index >= 15 is 0 Å². The first kappa shape index (κ1) is 17.8. The van der Waals surface area contributed by atoms with Crippen LogP contribution in [0, 0.1) is 0 Å². The smallest absolute Gasteiger partial charge is 1.00 e. The van der Waals surface area contributed by atoms with E-state index < -0.39 is 0 Å². The van der Waals surface area contributed by atoms with Gasteiger partial charge >= 0.3 is 29.6 Å². The van der Waals surface area contributed by atoms with Crippen molar-refractivity contribution in [3.63, 3.8) is 0 Å². The third-order valence-electron chi connectivity index (χ3n) is 4.43. The summed E-state index contributed by atoms with van der Waals surface area (Å²) >= 11 is 6.18. The summed E-state index contributed by atoms with van der Waals surface area (Å²) in [5.74, 6) is 1.03. The predicted molar refractivity (Wildman–Crippen MR) is 97.6 cm³/mol. The Morgan fingerprint density at radius 3 is 2.58 bits per heavy atom. The van der Waals surface area contributed by atoms with Gasteiger partial charge in [0.2, 0.25) is 0 Å². The molecule has 1 fully saturated rings. The van der Waals surface area contributed by atoms with E-state index in [2.05, 4.69) is 40.4 Å². The molecule has 0 amide bonds. The maximum atomic E-state index is 6.18. The van der Waals surface area contributed by atoms with Crippen molar-refractivity contribution in [2.45, 2.75) is 0 Å². The van der Waals surface area contributed by atoms with Crippen LogP contribution < -0.4 is 34.9 Å². The number of benzene rings is 2. The zero-order valence-electron chi connectivity index (χ0n) is 15.1. The molecule has 2 heterocycles. The van der Waals surface area contributed by atoms with Gasteiger partial charge in [-0.3, -0.25) is 0 Å². The van der Waals surface area contributed by atoms with Crippen molar-refractivity contribution >= 4 is 34.5 Å². The molecule has 0 unspecified atom stereocenters. The van der Waals surface area contributed by atoms with Crippen LogP contribution in [0.25, 0.3) is 0 Å². The molecule has 0 aromatic heterocycles. The van der Waals surface area contributed by atoms with E-state index in [1.807, 2.05) is 24.3 Å². The Balaban J connectivity index is 0.00000113. The molecule has 120 valence electrons. The molecule has 0 saturated carbocycles. The first-order valence-electron chi connectivity index (χ1n) is 7.89. The molecule has 4 nitrogen and oxygen atoms in total. The van der Waals surface area contributed by atoms with Gasteiger partial charge in [0.05, 0.1) is 11.4 Å². The van der Waals surface area contributed by atoms with Crippen molar-refractivity contribution in [2.24, 2.45) is 4.99 Å². The fraction of sp³-hybridized carbons (Fsp3) is 0.278. The number of rotatable bonds is 0. The number of fused-ring (bicyclic) bond motifs is 2. The summed E-state index contributed by atoms with van der Waals surface area (Å²) in [6.45, 7) is 4.08.